The van der Waals surface area contributed by atoms with Gasteiger partial charge in [-0.3, -0.25) is 4.79 Å². The molecule has 2 aromatic carbocycles. The molecule has 0 saturated carbocycles. The highest BCUT2D eigenvalue weighted by Crippen LogP contribution is 2.20. The zero-order valence-electron chi connectivity index (χ0n) is 13.4. The minimum atomic E-state index is -0.350. The third kappa shape index (κ3) is 2.99. The van der Waals surface area contributed by atoms with Gasteiger partial charge >= 0.3 is 0 Å². The highest BCUT2D eigenvalue weighted by atomic mass is 19.1. The molecule has 0 spiro atoms. The van der Waals surface area contributed by atoms with E-state index in [0.29, 0.717) is 11.4 Å². The molecule has 0 radical (unpaired) electrons. The normalized spacial score (nSPS) is 10.6. The number of hydrogen-bond acceptors (Lipinski definition) is 3. The number of halogens is 1. The minimum absolute atomic E-state index is 0.197. The second-order valence-electron chi connectivity index (χ2n) is 5.58. The number of nitrogen functional groups attached to an aromatic ring is 1. The van der Waals surface area contributed by atoms with Gasteiger partial charge in [-0.2, -0.15) is 5.10 Å². The molecule has 0 unspecified atom stereocenters. The Bertz CT molecular complexity index is 900. The number of amides is 1. The number of hydrogen-bond donors (Lipinski definition) is 2. The first kappa shape index (κ1) is 15.7. The monoisotopic (exact) mass is 324 g/mol. The lowest BCUT2D eigenvalue weighted by Gasteiger charge is -2.08. The SMILES string of the molecule is Cc1ccc(NC(=O)c2cnn(-c3ccc(F)cc3)c2N)cc1C. The molecule has 1 amide bonds. The molecule has 1 aromatic heterocycles. The van der Waals surface area contributed by atoms with Crippen LogP contribution in [0.4, 0.5) is 15.9 Å². The fourth-order valence-corrected chi connectivity index (χ4v) is 2.34. The van der Waals surface area contributed by atoms with Crippen molar-refractivity contribution in [2.75, 3.05) is 11.1 Å². The average molecular weight is 324 g/mol. The standard InChI is InChI=1S/C18H17FN4O/c1-11-3-6-14(9-12(11)2)22-18(24)16-10-21-23(17(16)20)15-7-4-13(19)5-8-15/h3-10H,20H2,1-2H3,(H,22,24). The van der Waals surface area contributed by atoms with E-state index in [1.807, 2.05) is 32.0 Å². The highest BCUT2D eigenvalue weighted by Gasteiger charge is 2.16. The number of aromatic nitrogens is 2. The Balaban J connectivity index is 1.85. The van der Waals surface area contributed by atoms with Crippen molar-refractivity contribution in [2.24, 2.45) is 0 Å². The summed E-state index contributed by atoms with van der Waals surface area (Å²) in [6.45, 7) is 3.98. The summed E-state index contributed by atoms with van der Waals surface area (Å²) < 4.78 is 14.4. The van der Waals surface area contributed by atoms with Crippen LogP contribution < -0.4 is 11.1 Å². The molecule has 0 aliphatic carbocycles. The molecule has 122 valence electrons. The fourth-order valence-electron chi connectivity index (χ4n) is 2.34. The van der Waals surface area contributed by atoms with Crippen molar-refractivity contribution in [3.8, 4) is 5.69 Å². The van der Waals surface area contributed by atoms with Crippen molar-refractivity contribution in [1.29, 1.82) is 0 Å². The quantitative estimate of drug-likeness (QED) is 0.775. The summed E-state index contributed by atoms with van der Waals surface area (Å²) >= 11 is 0. The van der Waals surface area contributed by atoms with Gasteiger partial charge in [0.05, 0.1) is 11.9 Å². The van der Waals surface area contributed by atoms with Crippen LogP contribution in [0.25, 0.3) is 5.69 Å². The van der Waals surface area contributed by atoms with Crippen molar-refractivity contribution in [1.82, 2.24) is 9.78 Å². The van der Waals surface area contributed by atoms with Crippen LogP contribution in [0.2, 0.25) is 0 Å². The van der Waals surface area contributed by atoms with Crippen LogP contribution in [0, 0.1) is 19.7 Å². The molecule has 1 heterocycles. The van der Waals surface area contributed by atoms with Crippen LogP contribution in [-0.4, -0.2) is 15.7 Å². The lowest BCUT2D eigenvalue weighted by Crippen LogP contribution is -2.14. The number of nitrogens with two attached hydrogens (primary N) is 1. The summed E-state index contributed by atoms with van der Waals surface area (Å²) in [7, 11) is 0. The number of anilines is 2. The van der Waals surface area contributed by atoms with E-state index in [-0.39, 0.29) is 23.1 Å². The molecule has 0 saturated heterocycles. The summed E-state index contributed by atoms with van der Waals surface area (Å²) in [5.41, 5.74) is 9.80. The first-order chi connectivity index (χ1) is 11.5. The second kappa shape index (κ2) is 6.16. The van der Waals surface area contributed by atoms with Gasteiger partial charge < -0.3 is 11.1 Å². The molecule has 3 aromatic rings. The lowest BCUT2D eigenvalue weighted by atomic mass is 10.1. The Kier molecular flexibility index (Phi) is 4.04. The van der Waals surface area contributed by atoms with Gasteiger partial charge in [0.25, 0.3) is 5.91 Å². The van der Waals surface area contributed by atoms with E-state index in [9.17, 15) is 9.18 Å². The number of aryl methyl sites for hydroxylation is 2. The Morgan fingerprint density at radius 3 is 2.50 bits per heavy atom. The highest BCUT2D eigenvalue weighted by molar-refractivity contribution is 6.07. The van der Waals surface area contributed by atoms with Gasteiger partial charge in [-0.05, 0) is 61.4 Å². The van der Waals surface area contributed by atoms with Gasteiger partial charge in [0.1, 0.15) is 17.2 Å². The van der Waals surface area contributed by atoms with E-state index in [0.717, 1.165) is 11.1 Å². The Labute approximate surface area is 138 Å². The van der Waals surface area contributed by atoms with Crippen LogP contribution in [-0.2, 0) is 0 Å². The predicted octanol–water partition coefficient (Wildman–Crippen LogP) is 3.46. The molecule has 3 rings (SSSR count). The molecule has 24 heavy (non-hydrogen) atoms. The Hall–Kier alpha value is -3.15. The number of benzene rings is 2. The zero-order chi connectivity index (χ0) is 17.3. The molecule has 3 N–H and O–H groups in total. The van der Waals surface area contributed by atoms with Gasteiger partial charge in [-0.1, -0.05) is 6.07 Å². The van der Waals surface area contributed by atoms with Gasteiger partial charge in [0.15, 0.2) is 0 Å². The molecular weight excluding hydrogens is 307 g/mol. The van der Waals surface area contributed by atoms with E-state index in [1.54, 1.807) is 12.1 Å². The van der Waals surface area contributed by atoms with E-state index in [4.69, 9.17) is 5.73 Å². The maximum absolute atomic E-state index is 13.0. The predicted molar refractivity (Wildman–Crippen MR) is 91.8 cm³/mol. The van der Waals surface area contributed by atoms with E-state index >= 15 is 0 Å². The van der Waals surface area contributed by atoms with Crippen molar-refractivity contribution < 1.29 is 9.18 Å². The molecule has 0 aliphatic rings. The second-order valence-corrected chi connectivity index (χ2v) is 5.58. The Morgan fingerprint density at radius 2 is 1.83 bits per heavy atom. The first-order valence-corrected chi connectivity index (χ1v) is 7.44. The van der Waals surface area contributed by atoms with Crippen molar-refractivity contribution in [2.45, 2.75) is 13.8 Å². The minimum Gasteiger partial charge on any atom is -0.383 e. The van der Waals surface area contributed by atoms with Crippen LogP contribution in [0.1, 0.15) is 21.5 Å². The van der Waals surface area contributed by atoms with Gasteiger partial charge in [0.2, 0.25) is 0 Å². The topological polar surface area (TPSA) is 72.9 Å². The number of nitrogens with one attached hydrogen (secondary N) is 1. The molecule has 0 fully saturated rings. The maximum Gasteiger partial charge on any atom is 0.261 e. The zero-order valence-corrected chi connectivity index (χ0v) is 13.4. The summed E-state index contributed by atoms with van der Waals surface area (Å²) in [5, 5.41) is 6.93. The first-order valence-electron chi connectivity index (χ1n) is 7.44. The van der Waals surface area contributed by atoms with Gasteiger partial charge in [-0.25, -0.2) is 9.07 Å². The molecule has 5 nitrogen and oxygen atoms in total. The third-order valence-electron chi connectivity index (χ3n) is 3.89. The Morgan fingerprint density at radius 1 is 1.12 bits per heavy atom. The van der Waals surface area contributed by atoms with Crippen molar-refractivity contribution in [3.05, 3.63) is 71.2 Å². The number of carbonyl (C=O) groups is 1. The third-order valence-corrected chi connectivity index (χ3v) is 3.89. The summed E-state index contributed by atoms with van der Waals surface area (Å²) in [4.78, 5) is 12.4. The average Bonchev–Trinajstić information content (AvgIpc) is 2.93. The number of rotatable bonds is 3. The number of carbonyl (C=O) groups excluding carboxylic acids is 1. The van der Waals surface area contributed by atoms with E-state index in [1.165, 1.54) is 23.0 Å². The van der Waals surface area contributed by atoms with Crippen LogP contribution in [0.15, 0.2) is 48.7 Å². The molecule has 0 aliphatic heterocycles. The molecular formula is C18H17FN4O. The fraction of sp³-hybridized carbons (Fsp3) is 0.111. The molecule has 6 heteroatoms. The maximum atomic E-state index is 13.0. The molecule has 0 bridgehead atoms. The number of nitrogens with zero attached hydrogens (tertiary/aromatic N) is 2. The summed E-state index contributed by atoms with van der Waals surface area (Å²) in [6, 6.07) is 11.4. The van der Waals surface area contributed by atoms with Crippen LogP contribution >= 0.6 is 0 Å². The van der Waals surface area contributed by atoms with Crippen molar-refractivity contribution >= 4 is 17.4 Å². The molecule has 0 atom stereocenters. The lowest BCUT2D eigenvalue weighted by molar-refractivity contribution is 0.102. The van der Waals surface area contributed by atoms with Crippen LogP contribution in [0.3, 0.4) is 0 Å². The van der Waals surface area contributed by atoms with Gasteiger partial charge in [0, 0.05) is 5.69 Å². The summed E-state index contributed by atoms with van der Waals surface area (Å²) in [5.74, 6) is -0.496. The van der Waals surface area contributed by atoms with E-state index in [2.05, 4.69) is 10.4 Å². The summed E-state index contributed by atoms with van der Waals surface area (Å²) in [6.07, 6.45) is 1.40. The van der Waals surface area contributed by atoms with E-state index < -0.39 is 0 Å². The van der Waals surface area contributed by atoms with Crippen LogP contribution in [0.5, 0.6) is 0 Å². The van der Waals surface area contributed by atoms with Crippen molar-refractivity contribution in [3.63, 3.8) is 0 Å². The largest absolute Gasteiger partial charge is 0.383 e. The smallest absolute Gasteiger partial charge is 0.261 e. The van der Waals surface area contributed by atoms with Gasteiger partial charge in [-0.15, -0.1) is 0 Å².